The molecule has 0 bridgehead atoms. The molecular formula is C30H42N2Ni. The van der Waals surface area contributed by atoms with E-state index in [1.165, 1.54) is 50.5 Å². The molecule has 0 fully saturated rings. The minimum atomic E-state index is 0. The summed E-state index contributed by atoms with van der Waals surface area (Å²) in [4.78, 5) is 9.66. The van der Waals surface area contributed by atoms with Crippen LogP contribution in [0.5, 0.6) is 0 Å². The first-order chi connectivity index (χ1) is 15.8. The van der Waals surface area contributed by atoms with Crippen molar-refractivity contribution in [1.29, 1.82) is 0 Å². The number of allylic oxidation sites excluding steroid dienone is 2. The molecule has 33 heavy (non-hydrogen) atoms. The van der Waals surface area contributed by atoms with Crippen LogP contribution in [0, 0.1) is 0 Å². The molecule has 0 heterocycles. The first-order valence-corrected chi connectivity index (χ1v) is 12.7. The number of rotatable bonds is 16. The molecule has 0 saturated carbocycles. The second kappa shape index (κ2) is 19.5. The monoisotopic (exact) mass is 488 g/mol. The van der Waals surface area contributed by atoms with Crippen LogP contribution in [-0.4, -0.2) is 11.9 Å². The topological polar surface area (TPSA) is 24.7 Å². The molecule has 2 rings (SSSR count). The standard InChI is InChI=1S/C30H42N2.Ni/c1-3-5-7-8-9-10-11-12-13-15-20-27-21-18-19-25-30(27)31-26-29(22-6-4-2)32-28-23-16-14-17-24-28;/h12-14,16-19,21,23-26H,3-11,15,20,22H2,1-2H3;/b13-12+,31-26?,32-29?;. The summed E-state index contributed by atoms with van der Waals surface area (Å²) >= 11 is 0. The SMILES string of the molecule is CCCCCCCC/C=C/CCc1ccccc1N=CC(CCCC)=Nc1ccccc1.[Ni]. The van der Waals surface area contributed by atoms with E-state index in [1.54, 1.807) is 0 Å². The molecule has 3 heteroatoms. The summed E-state index contributed by atoms with van der Waals surface area (Å²) in [6.45, 7) is 4.49. The van der Waals surface area contributed by atoms with Crippen LogP contribution in [0.2, 0.25) is 0 Å². The maximum absolute atomic E-state index is 4.84. The van der Waals surface area contributed by atoms with Crippen LogP contribution in [0.3, 0.4) is 0 Å². The minimum absolute atomic E-state index is 0. The number of para-hydroxylation sites is 2. The van der Waals surface area contributed by atoms with Gasteiger partial charge in [-0.1, -0.05) is 101 Å². The molecule has 0 atom stereocenters. The number of benzene rings is 2. The van der Waals surface area contributed by atoms with E-state index in [-0.39, 0.29) is 16.5 Å². The molecule has 2 aromatic rings. The molecule has 0 amide bonds. The number of aliphatic imine (C=N–C) groups is 2. The molecule has 0 aliphatic carbocycles. The second-order valence-corrected chi connectivity index (χ2v) is 8.50. The van der Waals surface area contributed by atoms with Crippen LogP contribution in [0.1, 0.15) is 90.0 Å². The maximum atomic E-state index is 4.84. The Labute approximate surface area is 212 Å². The summed E-state index contributed by atoms with van der Waals surface area (Å²) in [7, 11) is 0. The Bertz CT molecular complexity index is 824. The molecule has 0 spiro atoms. The van der Waals surface area contributed by atoms with Gasteiger partial charge in [0.2, 0.25) is 0 Å². The van der Waals surface area contributed by atoms with Gasteiger partial charge in [-0.05, 0) is 62.3 Å². The van der Waals surface area contributed by atoms with Gasteiger partial charge in [-0.3, -0.25) is 9.98 Å². The zero-order valence-corrected chi connectivity index (χ0v) is 21.6. The van der Waals surface area contributed by atoms with E-state index in [2.05, 4.69) is 50.3 Å². The number of aryl methyl sites for hydroxylation is 1. The van der Waals surface area contributed by atoms with Gasteiger partial charge in [-0.25, -0.2) is 0 Å². The first kappa shape index (κ1) is 29.0. The quantitative estimate of drug-likeness (QED) is 0.0971. The molecule has 0 unspecified atom stereocenters. The Morgan fingerprint density at radius 3 is 2.18 bits per heavy atom. The Morgan fingerprint density at radius 2 is 1.39 bits per heavy atom. The molecule has 182 valence electrons. The summed E-state index contributed by atoms with van der Waals surface area (Å²) in [5.74, 6) is 0. The molecule has 0 saturated heterocycles. The van der Waals surface area contributed by atoms with Gasteiger partial charge < -0.3 is 0 Å². The molecule has 2 aromatic carbocycles. The van der Waals surface area contributed by atoms with Gasteiger partial charge >= 0.3 is 0 Å². The molecule has 0 radical (unpaired) electrons. The number of hydrogen-bond donors (Lipinski definition) is 0. The van der Waals surface area contributed by atoms with Crippen molar-refractivity contribution in [2.24, 2.45) is 9.98 Å². The van der Waals surface area contributed by atoms with Crippen LogP contribution in [0.15, 0.2) is 76.7 Å². The van der Waals surface area contributed by atoms with Crippen molar-refractivity contribution in [3.05, 3.63) is 72.3 Å². The van der Waals surface area contributed by atoms with Crippen molar-refractivity contribution in [1.82, 2.24) is 0 Å². The van der Waals surface area contributed by atoms with Crippen molar-refractivity contribution in [3.63, 3.8) is 0 Å². The maximum Gasteiger partial charge on any atom is 0.0662 e. The van der Waals surface area contributed by atoms with Crippen LogP contribution in [0.25, 0.3) is 0 Å². The normalized spacial score (nSPS) is 11.9. The molecule has 0 N–H and O–H groups in total. The van der Waals surface area contributed by atoms with Crippen LogP contribution < -0.4 is 0 Å². The summed E-state index contributed by atoms with van der Waals surface area (Å²) in [5, 5.41) is 0. The van der Waals surface area contributed by atoms with E-state index in [1.807, 2.05) is 36.5 Å². The minimum Gasteiger partial charge on any atom is -0.255 e. The van der Waals surface area contributed by atoms with E-state index in [4.69, 9.17) is 9.98 Å². The average molecular weight is 489 g/mol. The summed E-state index contributed by atoms with van der Waals surface area (Å²) in [6.07, 6.45) is 21.4. The third-order valence-electron chi connectivity index (χ3n) is 5.63. The Kier molecular flexibility index (Phi) is 17.1. The van der Waals surface area contributed by atoms with Crippen LogP contribution in [-0.2, 0) is 22.9 Å². The Hall–Kier alpha value is -1.99. The molecule has 0 aromatic heterocycles. The zero-order valence-electron chi connectivity index (χ0n) is 20.6. The van der Waals surface area contributed by atoms with E-state index in [9.17, 15) is 0 Å². The van der Waals surface area contributed by atoms with Gasteiger partial charge in [0.25, 0.3) is 0 Å². The predicted octanol–water partition coefficient (Wildman–Crippen LogP) is 9.59. The summed E-state index contributed by atoms with van der Waals surface area (Å²) < 4.78 is 0. The van der Waals surface area contributed by atoms with Crippen molar-refractivity contribution in [2.45, 2.75) is 90.9 Å². The molecule has 0 aliphatic rings. The fraction of sp³-hybridized carbons (Fsp3) is 0.467. The van der Waals surface area contributed by atoms with Crippen molar-refractivity contribution in [3.8, 4) is 0 Å². The van der Waals surface area contributed by atoms with E-state index in [0.29, 0.717) is 0 Å². The number of unbranched alkanes of at least 4 members (excludes halogenated alkanes) is 7. The third-order valence-corrected chi connectivity index (χ3v) is 5.63. The summed E-state index contributed by atoms with van der Waals surface area (Å²) in [5.41, 5.74) is 4.41. The van der Waals surface area contributed by atoms with Gasteiger partial charge in [0.15, 0.2) is 0 Å². The van der Waals surface area contributed by atoms with Crippen LogP contribution in [0.4, 0.5) is 11.4 Å². The molecule has 2 nitrogen and oxygen atoms in total. The number of nitrogens with zero attached hydrogens (tertiary/aromatic N) is 2. The Balaban J connectivity index is 0.00000544. The van der Waals surface area contributed by atoms with Gasteiger partial charge in [-0.2, -0.15) is 0 Å². The van der Waals surface area contributed by atoms with E-state index < -0.39 is 0 Å². The molecule has 0 aliphatic heterocycles. The van der Waals surface area contributed by atoms with Gasteiger partial charge in [0, 0.05) is 22.7 Å². The van der Waals surface area contributed by atoms with E-state index >= 15 is 0 Å². The summed E-state index contributed by atoms with van der Waals surface area (Å²) in [6, 6.07) is 18.7. The Morgan fingerprint density at radius 1 is 0.727 bits per heavy atom. The van der Waals surface area contributed by atoms with Crippen LogP contribution >= 0.6 is 0 Å². The van der Waals surface area contributed by atoms with Gasteiger partial charge in [-0.15, -0.1) is 0 Å². The van der Waals surface area contributed by atoms with Crippen molar-refractivity contribution < 1.29 is 16.5 Å². The largest absolute Gasteiger partial charge is 0.255 e. The third kappa shape index (κ3) is 13.3. The van der Waals surface area contributed by atoms with Crippen molar-refractivity contribution >= 4 is 23.3 Å². The second-order valence-electron chi connectivity index (χ2n) is 8.50. The number of hydrogen-bond acceptors (Lipinski definition) is 2. The fourth-order valence-corrected chi connectivity index (χ4v) is 3.68. The van der Waals surface area contributed by atoms with E-state index in [0.717, 1.165) is 49.2 Å². The van der Waals surface area contributed by atoms with Gasteiger partial charge in [0.1, 0.15) is 0 Å². The van der Waals surface area contributed by atoms with Gasteiger partial charge in [0.05, 0.1) is 17.1 Å². The zero-order chi connectivity index (χ0) is 22.7. The smallest absolute Gasteiger partial charge is 0.0662 e. The molecular weight excluding hydrogens is 447 g/mol. The predicted molar refractivity (Wildman–Crippen MR) is 143 cm³/mol. The fourth-order valence-electron chi connectivity index (χ4n) is 3.68. The van der Waals surface area contributed by atoms with Crippen molar-refractivity contribution in [2.75, 3.05) is 0 Å². The first-order valence-electron chi connectivity index (χ1n) is 12.7. The average Bonchev–Trinajstić information content (AvgIpc) is 2.83.